The van der Waals surface area contributed by atoms with Crippen LogP contribution in [0.2, 0.25) is 0 Å². The number of nitro groups is 1. The van der Waals surface area contributed by atoms with E-state index in [2.05, 4.69) is 25.9 Å². The molecule has 1 atom stereocenters. The van der Waals surface area contributed by atoms with Gasteiger partial charge in [-0.1, -0.05) is 12.8 Å². The lowest BCUT2D eigenvalue weighted by Crippen LogP contribution is -2.36. The summed E-state index contributed by atoms with van der Waals surface area (Å²) in [5.41, 5.74) is -0.246. The summed E-state index contributed by atoms with van der Waals surface area (Å²) in [4.78, 5) is 29.2. The summed E-state index contributed by atoms with van der Waals surface area (Å²) in [6.07, 6.45) is 4.36. The van der Waals surface area contributed by atoms with Gasteiger partial charge in [-0.05, 0) is 19.8 Å². The Labute approximate surface area is 132 Å². The molecule has 1 amide bonds. The Morgan fingerprint density at radius 3 is 2.83 bits per heavy atom. The van der Waals surface area contributed by atoms with Gasteiger partial charge in [-0.25, -0.2) is 9.78 Å². The number of rotatable bonds is 7. The molecule has 4 N–H and O–H groups in total. The molecule has 0 aliphatic heterocycles. The van der Waals surface area contributed by atoms with Crippen molar-refractivity contribution in [3.63, 3.8) is 0 Å². The molecule has 0 radical (unpaired) electrons. The quantitative estimate of drug-likeness (QED) is 0.439. The Hall–Kier alpha value is -2.65. The van der Waals surface area contributed by atoms with Gasteiger partial charge in [0, 0.05) is 18.6 Å². The Morgan fingerprint density at radius 1 is 1.52 bits per heavy atom. The van der Waals surface area contributed by atoms with E-state index >= 15 is 0 Å². The van der Waals surface area contributed by atoms with E-state index in [9.17, 15) is 14.9 Å². The minimum Gasteiger partial charge on any atom is -0.465 e. The third-order valence-corrected chi connectivity index (χ3v) is 3.60. The predicted octanol–water partition coefficient (Wildman–Crippen LogP) is 1.81. The molecule has 1 aliphatic rings. The third kappa shape index (κ3) is 4.94. The Balaban J connectivity index is 2.06. The molecular weight excluding hydrogens is 304 g/mol. The van der Waals surface area contributed by atoms with Crippen LogP contribution < -0.4 is 16.0 Å². The lowest BCUT2D eigenvalue weighted by Gasteiger charge is -2.15. The summed E-state index contributed by atoms with van der Waals surface area (Å²) in [5.74, 6) is 0.411. The van der Waals surface area contributed by atoms with E-state index < -0.39 is 17.1 Å². The zero-order valence-corrected chi connectivity index (χ0v) is 12.8. The van der Waals surface area contributed by atoms with Crippen LogP contribution in [0.25, 0.3) is 0 Å². The van der Waals surface area contributed by atoms with E-state index in [4.69, 9.17) is 5.11 Å². The average Bonchev–Trinajstić information content (AvgIpc) is 2.97. The van der Waals surface area contributed by atoms with Gasteiger partial charge in [0.2, 0.25) is 11.8 Å². The molecule has 0 bridgehead atoms. The minimum atomic E-state index is -1.15. The summed E-state index contributed by atoms with van der Waals surface area (Å²) >= 11 is 0. The number of carbonyl (C=O) groups is 1. The summed E-state index contributed by atoms with van der Waals surface area (Å²) in [6.45, 7) is 1.82. The first kappa shape index (κ1) is 16.7. The predicted molar refractivity (Wildman–Crippen MR) is 83.7 cm³/mol. The van der Waals surface area contributed by atoms with Crippen molar-refractivity contribution in [3.8, 4) is 0 Å². The van der Waals surface area contributed by atoms with Crippen LogP contribution >= 0.6 is 0 Å². The van der Waals surface area contributed by atoms with Gasteiger partial charge in [0.15, 0.2) is 0 Å². The fourth-order valence-corrected chi connectivity index (χ4v) is 2.47. The van der Waals surface area contributed by atoms with Crippen molar-refractivity contribution in [2.24, 2.45) is 0 Å². The number of nitrogens with zero attached hydrogens (tertiary/aromatic N) is 3. The molecule has 1 saturated carbocycles. The van der Waals surface area contributed by atoms with Crippen LogP contribution in [-0.2, 0) is 0 Å². The van der Waals surface area contributed by atoms with E-state index in [-0.39, 0.29) is 24.1 Å². The highest BCUT2D eigenvalue weighted by Gasteiger charge is 2.20. The molecular formula is C13H20N6O4. The molecule has 0 aromatic carbocycles. The number of hydrogen-bond acceptors (Lipinski definition) is 7. The van der Waals surface area contributed by atoms with Crippen molar-refractivity contribution in [2.45, 2.75) is 44.7 Å². The van der Waals surface area contributed by atoms with Crippen LogP contribution in [0.15, 0.2) is 6.20 Å². The van der Waals surface area contributed by atoms with Gasteiger partial charge in [0.1, 0.15) is 6.20 Å². The van der Waals surface area contributed by atoms with Crippen molar-refractivity contribution in [1.82, 2.24) is 15.3 Å². The Bertz CT molecular complexity index is 576. The van der Waals surface area contributed by atoms with Crippen LogP contribution in [0.4, 0.5) is 22.2 Å². The Morgan fingerprint density at radius 2 is 2.22 bits per heavy atom. The van der Waals surface area contributed by atoms with Gasteiger partial charge in [0.05, 0.1) is 4.92 Å². The monoisotopic (exact) mass is 324 g/mol. The summed E-state index contributed by atoms with van der Waals surface area (Å²) in [6, 6.07) is -0.134. The van der Waals surface area contributed by atoms with E-state index in [0.29, 0.717) is 5.95 Å². The number of aromatic nitrogens is 2. The highest BCUT2D eigenvalue weighted by Crippen LogP contribution is 2.25. The largest absolute Gasteiger partial charge is 0.465 e. The summed E-state index contributed by atoms with van der Waals surface area (Å²) in [5, 5.41) is 27.9. The molecule has 126 valence electrons. The van der Waals surface area contributed by atoms with Gasteiger partial charge in [-0.15, -0.1) is 0 Å². The zero-order valence-electron chi connectivity index (χ0n) is 12.8. The molecule has 1 unspecified atom stereocenters. The summed E-state index contributed by atoms with van der Waals surface area (Å²) in [7, 11) is 0. The zero-order chi connectivity index (χ0) is 16.8. The van der Waals surface area contributed by atoms with Gasteiger partial charge in [-0.3, -0.25) is 10.1 Å². The highest BCUT2D eigenvalue weighted by molar-refractivity contribution is 5.65. The lowest BCUT2D eigenvalue weighted by molar-refractivity contribution is -0.384. The smallest absolute Gasteiger partial charge is 0.404 e. The second kappa shape index (κ2) is 7.56. The fourth-order valence-electron chi connectivity index (χ4n) is 2.47. The molecule has 2 rings (SSSR count). The van der Waals surface area contributed by atoms with Crippen molar-refractivity contribution >= 4 is 23.5 Å². The van der Waals surface area contributed by atoms with Crippen LogP contribution in [0.1, 0.15) is 32.6 Å². The van der Waals surface area contributed by atoms with Gasteiger partial charge in [-0.2, -0.15) is 4.98 Å². The molecule has 1 aromatic rings. The maximum Gasteiger partial charge on any atom is 0.404 e. The standard InChI is InChI=1S/C13H20N6O4/c1-8(16-13(20)21)6-14-11-10(19(22)23)7-15-12(18-11)17-9-4-2-3-5-9/h7-9,16H,2-6H2,1H3,(H,20,21)(H2,14,15,17,18). The first-order valence-electron chi connectivity index (χ1n) is 7.47. The number of carboxylic acid groups (broad SMARTS) is 1. The molecule has 0 spiro atoms. The first-order chi connectivity index (χ1) is 11.0. The fraction of sp³-hybridized carbons (Fsp3) is 0.615. The SMILES string of the molecule is CC(CNc1nc(NC2CCCC2)ncc1[N+](=O)[O-])NC(=O)O. The normalized spacial score (nSPS) is 15.9. The maximum absolute atomic E-state index is 11.1. The van der Waals surface area contributed by atoms with Crippen LogP contribution in [0, 0.1) is 10.1 Å². The second-order valence-corrected chi connectivity index (χ2v) is 5.54. The first-order valence-corrected chi connectivity index (χ1v) is 7.47. The topological polar surface area (TPSA) is 142 Å². The average molecular weight is 324 g/mol. The van der Waals surface area contributed by atoms with Gasteiger partial charge in [0.25, 0.3) is 0 Å². The van der Waals surface area contributed by atoms with Crippen molar-refractivity contribution in [3.05, 3.63) is 16.3 Å². The van der Waals surface area contributed by atoms with E-state index in [1.807, 2.05) is 0 Å². The molecule has 1 aliphatic carbocycles. The number of amides is 1. The Kier molecular flexibility index (Phi) is 5.50. The lowest BCUT2D eigenvalue weighted by atomic mass is 10.2. The number of anilines is 2. The number of hydrogen-bond donors (Lipinski definition) is 4. The molecule has 1 fully saturated rings. The molecule has 23 heavy (non-hydrogen) atoms. The molecule has 0 saturated heterocycles. The van der Waals surface area contributed by atoms with E-state index in [1.165, 1.54) is 0 Å². The van der Waals surface area contributed by atoms with Crippen molar-refractivity contribution in [1.29, 1.82) is 0 Å². The van der Waals surface area contributed by atoms with E-state index in [1.54, 1.807) is 6.92 Å². The number of nitrogens with one attached hydrogen (secondary N) is 3. The molecule has 1 heterocycles. The third-order valence-electron chi connectivity index (χ3n) is 3.60. The van der Waals surface area contributed by atoms with Gasteiger partial charge >= 0.3 is 11.8 Å². The van der Waals surface area contributed by atoms with Crippen LogP contribution in [0.5, 0.6) is 0 Å². The van der Waals surface area contributed by atoms with Crippen molar-refractivity contribution in [2.75, 3.05) is 17.2 Å². The maximum atomic E-state index is 11.1. The van der Waals surface area contributed by atoms with E-state index in [0.717, 1.165) is 31.9 Å². The summed E-state index contributed by atoms with van der Waals surface area (Å²) < 4.78 is 0. The minimum absolute atomic E-state index is 0.0736. The van der Waals surface area contributed by atoms with Crippen LogP contribution in [0.3, 0.4) is 0 Å². The van der Waals surface area contributed by atoms with Gasteiger partial charge < -0.3 is 21.1 Å². The van der Waals surface area contributed by atoms with Crippen molar-refractivity contribution < 1.29 is 14.8 Å². The highest BCUT2D eigenvalue weighted by atomic mass is 16.6. The second-order valence-electron chi connectivity index (χ2n) is 5.54. The molecule has 10 nitrogen and oxygen atoms in total. The van der Waals surface area contributed by atoms with Crippen LogP contribution in [-0.4, -0.2) is 44.7 Å². The molecule has 1 aromatic heterocycles. The molecule has 10 heteroatoms.